The Labute approximate surface area is 209 Å². The van der Waals surface area contributed by atoms with Crippen molar-refractivity contribution >= 4 is 17.7 Å². The number of benzene rings is 3. The Morgan fingerprint density at radius 3 is 2.09 bits per heavy atom. The number of aromatic nitrogens is 3. The summed E-state index contributed by atoms with van der Waals surface area (Å²) in [5.74, 6) is 0.234. The van der Waals surface area contributed by atoms with E-state index in [4.69, 9.17) is 0 Å². The molecule has 1 amide bonds. The number of carbonyl (C=O) groups is 1. The first-order valence-corrected chi connectivity index (χ1v) is 12.7. The van der Waals surface area contributed by atoms with Gasteiger partial charge >= 0.3 is 0 Å². The maximum atomic E-state index is 14.5. The van der Waals surface area contributed by atoms with Gasteiger partial charge in [-0.25, -0.2) is 4.39 Å². The number of carbonyl (C=O) groups excluding carboxylic acids is 1. The van der Waals surface area contributed by atoms with Crippen LogP contribution in [-0.2, 0) is 17.9 Å². The van der Waals surface area contributed by atoms with E-state index in [1.54, 1.807) is 18.2 Å². The van der Waals surface area contributed by atoms with Gasteiger partial charge in [0.25, 0.3) is 0 Å². The minimum absolute atomic E-state index is 0.0282. The van der Waals surface area contributed by atoms with Gasteiger partial charge in [0.2, 0.25) is 5.91 Å². The van der Waals surface area contributed by atoms with E-state index < -0.39 is 0 Å². The molecule has 1 aliphatic rings. The number of amides is 1. The molecule has 35 heavy (non-hydrogen) atoms. The molecule has 0 saturated heterocycles. The van der Waals surface area contributed by atoms with Crippen molar-refractivity contribution < 1.29 is 9.18 Å². The summed E-state index contributed by atoms with van der Waals surface area (Å²) in [6.07, 6.45) is 2.01. The molecule has 1 saturated carbocycles. The van der Waals surface area contributed by atoms with Crippen LogP contribution < -0.4 is 0 Å². The van der Waals surface area contributed by atoms with Crippen molar-refractivity contribution in [2.45, 2.75) is 49.3 Å². The fourth-order valence-electron chi connectivity index (χ4n) is 4.13. The van der Waals surface area contributed by atoms with Gasteiger partial charge in [-0.15, -0.1) is 10.2 Å². The normalized spacial score (nSPS) is 14.0. The topological polar surface area (TPSA) is 51.0 Å². The molecule has 1 atom stereocenters. The number of nitrogens with zero attached hydrogens (tertiary/aromatic N) is 4. The molecule has 178 valence electrons. The highest BCUT2D eigenvalue weighted by atomic mass is 32.2. The minimum atomic E-state index is -0.377. The fourth-order valence-corrected chi connectivity index (χ4v) is 5.13. The van der Waals surface area contributed by atoms with E-state index in [9.17, 15) is 9.18 Å². The zero-order valence-electron chi connectivity index (χ0n) is 19.5. The highest BCUT2D eigenvalue weighted by Gasteiger charge is 2.33. The largest absolute Gasteiger partial charge is 0.333 e. The lowest BCUT2D eigenvalue weighted by Gasteiger charge is -2.26. The molecule has 3 aromatic carbocycles. The third kappa shape index (κ3) is 5.46. The fraction of sp³-hybridized carbons (Fsp3) is 0.250. The zero-order chi connectivity index (χ0) is 24.2. The highest BCUT2D eigenvalue weighted by molar-refractivity contribution is 8.00. The van der Waals surface area contributed by atoms with Gasteiger partial charge in [-0.05, 0) is 43.0 Å². The average molecular weight is 487 g/mol. The maximum absolute atomic E-state index is 14.5. The molecule has 1 fully saturated rings. The van der Waals surface area contributed by atoms with Crippen molar-refractivity contribution in [3.63, 3.8) is 0 Å². The second-order valence-corrected chi connectivity index (χ2v) is 10.1. The van der Waals surface area contributed by atoms with Gasteiger partial charge in [0.15, 0.2) is 11.0 Å². The number of hydrogen-bond donors (Lipinski definition) is 0. The van der Waals surface area contributed by atoms with Crippen molar-refractivity contribution in [2.24, 2.45) is 0 Å². The summed E-state index contributed by atoms with van der Waals surface area (Å²) in [5.41, 5.74) is 2.60. The molecule has 5 rings (SSSR count). The molecule has 7 heteroatoms. The molecule has 0 aliphatic heterocycles. The van der Waals surface area contributed by atoms with Crippen molar-refractivity contribution in [2.75, 3.05) is 0 Å². The summed E-state index contributed by atoms with van der Waals surface area (Å²) >= 11 is 1.39. The molecule has 0 N–H and O–H groups in total. The molecular weight excluding hydrogens is 459 g/mol. The summed E-state index contributed by atoms with van der Waals surface area (Å²) in [6, 6.07) is 26.9. The molecule has 1 aliphatic carbocycles. The summed E-state index contributed by atoms with van der Waals surface area (Å²) in [7, 11) is 0. The van der Waals surface area contributed by atoms with Gasteiger partial charge < -0.3 is 4.90 Å². The predicted octanol–water partition coefficient (Wildman–Crippen LogP) is 6.13. The second-order valence-electron chi connectivity index (χ2n) is 8.81. The standard InChI is InChI=1S/C28H27FN4OS/c1-20(27(34)32(18-21-10-4-2-5-11-21)19-22-12-6-3-7-13-22)35-28-31-30-26(33(28)23-16-17-23)24-14-8-9-15-25(24)29/h2-15,20,23H,16-19H2,1H3. The zero-order valence-corrected chi connectivity index (χ0v) is 20.4. The predicted molar refractivity (Wildman–Crippen MR) is 136 cm³/mol. The van der Waals surface area contributed by atoms with Gasteiger partial charge in [0, 0.05) is 19.1 Å². The summed E-state index contributed by atoms with van der Waals surface area (Å²) in [5, 5.41) is 8.99. The van der Waals surface area contributed by atoms with Crippen LogP contribution in [0.25, 0.3) is 11.4 Å². The molecular formula is C28H27FN4OS. The quantitative estimate of drug-likeness (QED) is 0.267. The van der Waals surface area contributed by atoms with Gasteiger partial charge in [-0.1, -0.05) is 84.6 Å². The van der Waals surface area contributed by atoms with Crippen LogP contribution in [0, 0.1) is 5.82 Å². The SMILES string of the molecule is CC(Sc1nnc(-c2ccccc2F)n1C1CC1)C(=O)N(Cc1ccccc1)Cc1ccccc1. The number of rotatable bonds is 9. The smallest absolute Gasteiger partial charge is 0.236 e. The van der Waals surface area contributed by atoms with Crippen molar-refractivity contribution in [1.29, 1.82) is 0 Å². The molecule has 0 radical (unpaired) electrons. The van der Waals surface area contributed by atoms with E-state index in [1.807, 2.05) is 77.1 Å². The Bertz CT molecular complexity index is 1250. The third-order valence-corrected chi connectivity index (χ3v) is 7.11. The first kappa shape index (κ1) is 23.3. The van der Waals surface area contributed by atoms with Gasteiger partial charge in [0.05, 0.1) is 10.8 Å². The third-order valence-electron chi connectivity index (χ3n) is 6.07. The second kappa shape index (κ2) is 10.4. The molecule has 0 bridgehead atoms. The maximum Gasteiger partial charge on any atom is 0.236 e. The first-order chi connectivity index (χ1) is 17.1. The van der Waals surface area contributed by atoms with Gasteiger partial charge in [-0.3, -0.25) is 9.36 Å². The van der Waals surface area contributed by atoms with E-state index in [0.717, 1.165) is 24.0 Å². The lowest BCUT2D eigenvalue weighted by Crippen LogP contribution is -2.35. The minimum Gasteiger partial charge on any atom is -0.333 e. The van der Waals surface area contributed by atoms with Crippen LogP contribution in [0.15, 0.2) is 90.1 Å². The number of hydrogen-bond acceptors (Lipinski definition) is 4. The van der Waals surface area contributed by atoms with Crippen LogP contribution >= 0.6 is 11.8 Å². The average Bonchev–Trinajstić information content (AvgIpc) is 3.64. The van der Waals surface area contributed by atoms with E-state index in [-0.39, 0.29) is 23.0 Å². The Morgan fingerprint density at radius 1 is 0.943 bits per heavy atom. The van der Waals surface area contributed by atoms with E-state index in [0.29, 0.717) is 29.6 Å². The summed E-state index contributed by atoms with van der Waals surface area (Å²) < 4.78 is 16.5. The Morgan fingerprint density at radius 2 is 1.51 bits per heavy atom. The monoisotopic (exact) mass is 486 g/mol. The molecule has 1 aromatic heterocycles. The van der Waals surface area contributed by atoms with Crippen LogP contribution in [0.1, 0.15) is 36.9 Å². The van der Waals surface area contributed by atoms with Crippen LogP contribution in [0.3, 0.4) is 0 Å². The van der Waals surface area contributed by atoms with Crippen molar-refractivity contribution in [3.8, 4) is 11.4 Å². The van der Waals surface area contributed by atoms with Crippen LogP contribution in [0.5, 0.6) is 0 Å². The Hall–Kier alpha value is -3.45. The van der Waals surface area contributed by atoms with Crippen molar-refractivity contribution in [1.82, 2.24) is 19.7 Å². The molecule has 5 nitrogen and oxygen atoms in total. The Kier molecular flexibility index (Phi) is 6.95. The van der Waals surface area contributed by atoms with E-state index >= 15 is 0 Å². The lowest BCUT2D eigenvalue weighted by atomic mass is 10.1. The molecule has 4 aromatic rings. The highest BCUT2D eigenvalue weighted by Crippen LogP contribution is 2.42. The number of thioether (sulfide) groups is 1. The first-order valence-electron chi connectivity index (χ1n) is 11.8. The van der Waals surface area contributed by atoms with E-state index in [1.165, 1.54) is 17.8 Å². The summed E-state index contributed by atoms with van der Waals surface area (Å²) in [4.78, 5) is 15.6. The van der Waals surface area contributed by atoms with E-state index in [2.05, 4.69) is 10.2 Å². The van der Waals surface area contributed by atoms with Gasteiger partial charge in [-0.2, -0.15) is 0 Å². The summed E-state index contributed by atoms with van der Waals surface area (Å²) in [6.45, 7) is 2.95. The molecule has 0 spiro atoms. The molecule has 1 heterocycles. The van der Waals surface area contributed by atoms with Crippen molar-refractivity contribution in [3.05, 3.63) is 102 Å². The lowest BCUT2D eigenvalue weighted by molar-refractivity contribution is -0.131. The van der Waals surface area contributed by atoms with Crippen LogP contribution in [0.4, 0.5) is 4.39 Å². The number of halogens is 1. The van der Waals surface area contributed by atoms with Crippen LogP contribution in [0.2, 0.25) is 0 Å². The Balaban J connectivity index is 1.39. The molecule has 1 unspecified atom stereocenters. The van der Waals surface area contributed by atoms with Crippen LogP contribution in [-0.4, -0.2) is 30.8 Å². The van der Waals surface area contributed by atoms with Gasteiger partial charge in [0.1, 0.15) is 5.82 Å².